The second-order valence-electron chi connectivity index (χ2n) is 18.4. The number of aliphatic hydroxyl groups is 6. The third-order valence-corrected chi connectivity index (χ3v) is 17.7. The number of ketones is 2. The largest absolute Gasteiger partial charge is 0.511 e. The van der Waals surface area contributed by atoms with E-state index in [9.17, 15) is 35.4 Å². The van der Waals surface area contributed by atoms with Crippen LogP contribution in [0.1, 0.15) is 96.3 Å². The number of hydrogen-bond acceptors (Lipinski definition) is 13. The lowest BCUT2D eigenvalue weighted by atomic mass is 9.52. The number of carbonyl (C=O) groups is 2. The van der Waals surface area contributed by atoms with Gasteiger partial charge < -0.3 is 45.4 Å². The molecule has 14 heteroatoms. The number of quaternary nitrogens is 1. The number of piperidine rings is 1. The van der Waals surface area contributed by atoms with Gasteiger partial charge in [0.1, 0.15) is 47.0 Å². The number of allylic oxidation sites excluding steroid dienone is 4. The average Bonchev–Trinajstić information content (AvgIpc) is 3.67. The highest BCUT2D eigenvalue weighted by atomic mass is 33.1. The molecule has 12 nitrogen and oxygen atoms in total. The van der Waals surface area contributed by atoms with E-state index < -0.39 is 66.1 Å². The summed E-state index contributed by atoms with van der Waals surface area (Å²) in [6, 6.07) is 0. The molecule has 6 bridgehead atoms. The first kappa shape index (κ1) is 40.7. The number of aliphatic hydroxyl groups excluding tert-OH is 5. The number of fused-ring (bicyclic) bond motifs is 5. The fraction of sp³-hybridized carbons (Fsp3) is 0.854. The minimum atomic E-state index is -2.05. The van der Waals surface area contributed by atoms with E-state index in [4.69, 9.17) is 9.47 Å². The van der Waals surface area contributed by atoms with Crippen molar-refractivity contribution >= 4 is 33.2 Å². The van der Waals surface area contributed by atoms with Crippen LogP contribution in [0.2, 0.25) is 0 Å². The summed E-state index contributed by atoms with van der Waals surface area (Å²) in [6.45, 7) is 0.463. The van der Waals surface area contributed by atoms with E-state index in [1.807, 2.05) is 6.08 Å². The standard InChI is InChI=1S/C41H62N2O10S2/c44-18-24-6-3-5-23(13-24)14-25-15-28-34(47)27-7-4-8-29-33(27)36(49)40(28,31(46)16-25)21-54-55-22-43-32-17-26(9-12-42-32)39(10-1-2-11-39)20-41(51)35(48)30(19-45)53-38(52-29)37(41)50/h15-16,23-24,26-30,32-33,35,37-38,42-46,48,50-51H,1-14,17-22H2/p+1/t23?,24?,26?,27?,28-,29?,30+,32?,33?,35+,37-,38+,40-,41+/m0/s1. The summed E-state index contributed by atoms with van der Waals surface area (Å²) in [5.41, 5.74) is -2.99. The maximum Gasteiger partial charge on any atom is 0.187 e. The SMILES string of the molecule is O=C1C2CCCC3O[C@@H]4O[C@H](CO)[C@@H](O)[C@](O)(CC5(CCCC5)C5CC[NH2+]C(C5)NCSSC[C@@]5(C(=O)C32)C(O)=CC(CC2CCCC(CO)C2)=C[C@@H]15)[C@H]4O. The fourth-order valence-electron chi connectivity index (χ4n) is 12.5. The van der Waals surface area contributed by atoms with Crippen molar-refractivity contribution < 1.29 is 55.0 Å². The van der Waals surface area contributed by atoms with Crippen LogP contribution in [0.5, 0.6) is 0 Å². The van der Waals surface area contributed by atoms with Crippen molar-refractivity contribution in [1.82, 2.24) is 5.32 Å². The van der Waals surface area contributed by atoms with Crippen molar-refractivity contribution in [1.29, 1.82) is 0 Å². The highest BCUT2D eigenvalue weighted by Gasteiger charge is 2.65. The molecular formula is C41H63N2O10S2+. The predicted molar refractivity (Wildman–Crippen MR) is 207 cm³/mol. The Morgan fingerprint density at radius 3 is 2.47 bits per heavy atom. The molecule has 5 aliphatic carbocycles. The molecule has 0 amide bonds. The highest BCUT2D eigenvalue weighted by Crippen LogP contribution is 2.58. The zero-order valence-corrected chi connectivity index (χ0v) is 33.6. The first-order valence-electron chi connectivity index (χ1n) is 21.1. The maximum absolute atomic E-state index is 15.3. The van der Waals surface area contributed by atoms with E-state index in [1.165, 1.54) is 10.8 Å². The molecule has 55 heavy (non-hydrogen) atoms. The van der Waals surface area contributed by atoms with Crippen LogP contribution < -0.4 is 10.6 Å². The Bertz CT molecular complexity index is 1490. The maximum atomic E-state index is 15.3. The molecule has 7 fully saturated rings. The monoisotopic (exact) mass is 807 g/mol. The molecule has 3 saturated heterocycles. The zero-order valence-electron chi connectivity index (χ0n) is 31.9. The molecule has 8 rings (SSSR count). The molecule has 0 radical (unpaired) electrons. The number of nitrogens with two attached hydrogens (primary N) is 1. The molecule has 2 spiro atoms. The van der Waals surface area contributed by atoms with Crippen LogP contribution in [0.4, 0.5) is 0 Å². The Balaban J connectivity index is 1.14. The van der Waals surface area contributed by atoms with E-state index in [-0.39, 0.29) is 59.5 Å². The van der Waals surface area contributed by atoms with Crippen molar-refractivity contribution in [3.05, 3.63) is 23.5 Å². The minimum absolute atomic E-state index is 0.0821. The van der Waals surface area contributed by atoms with Crippen LogP contribution in [0, 0.1) is 46.3 Å². The number of ether oxygens (including phenoxy) is 2. The van der Waals surface area contributed by atoms with Crippen molar-refractivity contribution in [3.63, 3.8) is 0 Å². The lowest BCUT2D eigenvalue weighted by Crippen LogP contribution is -2.95. The molecule has 3 heterocycles. The molecule has 0 aromatic rings. The van der Waals surface area contributed by atoms with Gasteiger partial charge in [-0.25, -0.2) is 0 Å². The summed E-state index contributed by atoms with van der Waals surface area (Å²) in [6.07, 6.45) is 8.85. The molecule has 308 valence electrons. The summed E-state index contributed by atoms with van der Waals surface area (Å²) >= 11 is 0. The number of nitrogens with one attached hydrogen (secondary N) is 1. The van der Waals surface area contributed by atoms with Crippen molar-refractivity contribution in [2.24, 2.45) is 46.3 Å². The number of rotatable bonds is 4. The molecule has 0 aromatic carbocycles. The Hall–Kier alpha value is -1.04. The van der Waals surface area contributed by atoms with Crippen LogP contribution in [-0.4, -0.2) is 116 Å². The average molecular weight is 808 g/mol. The number of carbonyl (C=O) groups excluding carboxylic acids is 2. The van der Waals surface area contributed by atoms with E-state index in [0.29, 0.717) is 37.5 Å². The van der Waals surface area contributed by atoms with Gasteiger partial charge >= 0.3 is 0 Å². The summed E-state index contributed by atoms with van der Waals surface area (Å²) in [5.74, 6) is -1.16. The predicted octanol–water partition coefficient (Wildman–Crippen LogP) is 2.48. The van der Waals surface area contributed by atoms with Crippen molar-refractivity contribution in [3.8, 4) is 0 Å². The molecule has 7 unspecified atom stereocenters. The third-order valence-electron chi connectivity index (χ3n) is 15.4. The normalized spacial score (nSPS) is 46.6. The molecular weight excluding hydrogens is 745 g/mol. The van der Waals surface area contributed by atoms with E-state index >= 15 is 4.79 Å². The summed E-state index contributed by atoms with van der Waals surface area (Å²) in [7, 11) is 3.10. The van der Waals surface area contributed by atoms with E-state index in [0.717, 1.165) is 76.3 Å². The van der Waals surface area contributed by atoms with Crippen LogP contribution >= 0.6 is 21.6 Å². The Morgan fingerprint density at radius 1 is 0.909 bits per heavy atom. The van der Waals surface area contributed by atoms with Gasteiger partial charge in [-0.15, -0.1) is 0 Å². The van der Waals surface area contributed by atoms with Gasteiger partial charge in [0.25, 0.3) is 0 Å². The zero-order chi connectivity index (χ0) is 38.5. The Kier molecular flexibility index (Phi) is 12.3. The van der Waals surface area contributed by atoms with E-state index in [2.05, 4.69) is 10.6 Å². The van der Waals surface area contributed by atoms with Crippen molar-refractivity contribution in [2.75, 3.05) is 31.4 Å². The second-order valence-corrected chi connectivity index (χ2v) is 20.9. The van der Waals surface area contributed by atoms with Gasteiger partial charge in [0.15, 0.2) is 12.1 Å². The fourth-order valence-corrected chi connectivity index (χ4v) is 14.9. The quantitative estimate of drug-likeness (QED) is 0.193. The summed E-state index contributed by atoms with van der Waals surface area (Å²) in [4.78, 5) is 30.1. The van der Waals surface area contributed by atoms with E-state index in [1.54, 1.807) is 16.9 Å². The molecule has 14 atom stereocenters. The number of hydrogen-bond donors (Lipinski definition) is 8. The van der Waals surface area contributed by atoms with Gasteiger partial charge in [0, 0.05) is 31.1 Å². The van der Waals surface area contributed by atoms with Crippen LogP contribution in [0.15, 0.2) is 23.5 Å². The summed E-state index contributed by atoms with van der Waals surface area (Å²) in [5, 5.41) is 74.6. The van der Waals surface area contributed by atoms with Crippen LogP contribution in [0.25, 0.3) is 0 Å². The van der Waals surface area contributed by atoms with Crippen LogP contribution in [-0.2, 0) is 19.1 Å². The number of Topliss-reactive ketones (excluding diaryl/α,β-unsaturated/α-hetero) is 2. The third kappa shape index (κ3) is 7.33. The second kappa shape index (κ2) is 16.5. The van der Waals surface area contributed by atoms with Crippen molar-refractivity contribution in [2.45, 2.75) is 139 Å². The minimum Gasteiger partial charge on any atom is -0.511 e. The summed E-state index contributed by atoms with van der Waals surface area (Å²) < 4.78 is 12.6. The Labute approximate surface area is 332 Å². The first-order chi connectivity index (χ1) is 26.5. The molecule has 9 N–H and O–H groups in total. The highest BCUT2D eigenvalue weighted by molar-refractivity contribution is 8.76. The van der Waals surface area contributed by atoms with Gasteiger partial charge in [-0.3, -0.25) is 14.9 Å². The van der Waals surface area contributed by atoms with Gasteiger partial charge in [-0.05, 0) is 86.2 Å². The Morgan fingerprint density at radius 2 is 1.69 bits per heavy atom. The van der Waals surface area contributed by atoms with Gasteiger partial charge in [0.05, 0.1) is 37.0 Å². The molecule has 3 aliphatic heterocycles. The molecule has 0 aromatic heterocycles. The topological polar surface area (TPSA) is 203 Å². The van der Waals surface area contributed by atoms with Crippen LogP contribution in [0.3, 0.4) is 0 Å². The first-order valence-corrected chi connectivity index (χ1v) is 23.6. The molecule has 8 aliphatic rings. The lowest BCUT2D eigenvalue weighted by molar-refractivity contribution is -0.705. The van der Waals surface area contributed by atoms with Gasteiger partial charge in [-0.1, -0.05) is 59.8 Å². The lowest BCUT2D eigenvalue weighted by Gasteiger charge is -2.54. The van der Waals surface area contributed by atoms with Gasteiger partial charge in [-0.2, -0.15) is 0 Å². The van der Waals surface area contributed by atoms with Gasteiger partial charge in [0.2, 0.25) is 0 Å². The molecule has 4 saturated carbocycles. The smallest absolute Gasteiger partial charge is 0.187 e.